The van der Waals surface area contributed by atoms with E-state index < -0.39 is 5.54 Å². The van der Waals surface area contributed by atoms with E-state index in [1.807, 2.05) is 50.2 Å². The quantitative estimate of drug-likeness (QED) is 0.306. The summed E-state index contributed by atoms with van der Waals surface area (Å²) >= 11 is 0. The first kappa shape index (κ1) is 25.3. The molecule has 4 rings (SSSR count). The molecule has 0 aliphatic heterocycles. The number of nitrogens with two attached hydrogens (primary N) is 1. The Labute approximate surface area is 204 Å². The van der Waals surface area contributed by atoms with Gasteiger partial charge in [0.05, 0.1) is 11.2 Å². The number of nitrogens with zero attached hydrogens (tertiary/aromatic N) is 1. The minimum atomic E-state index is -0.411. The minimum Gasteiger partial charge on any atom is -0.487 e. The van der Waals surface area contributed by atoms with E-state index in [-0.39, 0.29) is 0 Å². The average molecular weight is 456 g/mol. The number of rotatable bonds is 7. The zero-order valence-electron chi connectivity index (χ0n) is 21.1. The van der Waals surface area contributed by atoms with E-state index in [0.717, 1.165) is 39.2 Å². The van der Waals surface area contributed by atoms with Gasteiger partial charge in [-0.1, -0.05) is 68.8 Å². The van der Waals surface area contributed by atoms with E-state index in [2.05, 4.69) is 73.5 Å². The van der Waals surface area contributed by atoms with E-state index in [1.165, 1.54) is 12.0 Å². The van der Waals surface area contributed by atoms with Gasteiger partial charge in [-0.2, -0.15) is 0 Å². The SMILES string of the molecule is CCC.Cc1cccc(NCc2cccc(OCc3ccc4ccccc4n3)c2)c1C(C)(C)N. The molecule has 0 saturated carbocycles. The van der Waals surface area contributed by atoms with E-state index in [4.69, 9.17) is 10.5 Å². The van der Waals surface area contributed by atoms with Gasteiger partial charge in [-0.3, -0.25) is 0 Å². The molecule has 0 saturated heterocycles. The number of hydrogen-bond donors (Lipinski definition) is 2. The van der Waals surface area contributed by atoms with Crippen molar-refractivity contribution in [1.82, 2.24) is 4.98 Å². The standard InChI is InChI=1S/C27H29N3O.C3H8/c1-19-8-6-13-25(26(19)27(2,3)28)29-17-20-9-7-11-23(16-20)31-18-22-15-14-21-10-4-5-12-24(21)30-22;1-3-2/h4-16,29H,17-18,28H2,1-3H3;3H2,1-2H3. The number of ether oxygens (including phenoxy) is 1. The molecule has 178 valence electrons. The highest BCUT2D eigenvalue weighted by Gasteiger charge is 2.20. The van der Waals surface area contributed by atoms with Crippen LogP contribution in [0.1, 0.15) is 56.5 Å². The zero-order chi connectivity index (χ0) is 24.6. The predicted octanol–water partition coefficient (Wildman–Crippen LogP) is 7.34. The Balaban J connectivity index is 0.00000103. The van der Waals surface area contributed by atoms with Gasteiger partial charge in [-0.15, -0.1) is 0 Å². The van der Waals surface area contributed by atoms with Gasteiger partial charge in [-0.05, 0) is 67.8 Å². The molecule has 0 radical (unpaired) electrons. The second-order valence-corrected chi connectivity index (χ2v) is 9.21. The van der Waals surface area contributed by atoms with Gasteiger partial charge in [0.2, 0.25) is 0 Å². The number of hydrogen-bond acceptors (Lipinski definition) is 4. The summed E-state index contributed by atoms with van der Waals surface area (Å²) < 4.78 is 6.02. The van der Waals surface area contributed by atoms with Crippen molar-refractivity contribution in [2.75, 3.05) is 5.32 Å². The lowest BCUT2D eigenvalue weighted by atomic mass is 9.90. The molecule has 3 aromatic carbocycles. The van der Waals surface area contributed by atoms with Crippen LogP contribution in [0.25, 0.3) is 10.9 Å². The van der Waals surface area contributed by atoms with Crippen molar-refractivity contribution in [2.24, 2.45) is 5.73 Å². The summed E-state index contributed by atoms with van der Waals surface area (Å²) in [4.78, 5) is 4.68. The Morgan fingerprint density at radius 1 is 0.912 bits per heavy atom. The molecule has 0 unspecified atom stereocenters. The molecule has 0 spiro atoms. The highest BCUT2D eigenvalue weighted by Crippen LogP contribution is 2.29. The summed E-state index contributed by atoms with van der Waals surface area (Å²) in [5.41, 5.74) is 12.5. The lowest BCUT2D eigenvalue weighted by Gasteiger charge is -2.26. The topological polar surface area (TPSA) is 60.2 Å². The van der Waals surface area contributed by atoms with Crippen LogP contribution in [0.5, 0.6) is 5.75 Å². The third-order valence-electron chi connectivity index (χ3n) is 5.34. The Bertz CT molecular complexity index is 1210. The van der Waals surface area contributed by atoms with Gasteiger partial charge in [0.25, 0.3) is 0 Å². The molecular formula is C30H37N3O. The number of aryl methyl sites for hydroxylation is 1. The first-order chi connectivity index (χ1) is 16.3. The second kappa shape index (κ2) is 11.7. The molecule has 0 aliphatic carbocycles. The van der Waals surface area contributed by atoms with Gasteiger partial charge in [0.15, 0.2) is 0 Å². The lowest BCUT2D eigenvalue weighted by molar-refractivity contribution is 0.301. The molecule has 4 heteroatoms. The second-order valence-electron chi connectivity index (χ2n) is 9.21. The molecular weight excluding hydrogens is 418 g/mol. The predicted molar refractivity (Wildman–Crippen MR) is 144 cm³/mol. The van der Waals surface area contributed by atoms with Crippen molar-refractivity contribution < 1.29 is 4.74 Å². The van der Waals surface area contributed by atoms with E-state index >= 15 is 0 Å². The number of pyridine rings is 1. The first-order valence-corrected chi connectivity index (χ1v) is 12.0. The summed E-state index contributed by atoms with van der Waals surface area (Å²) in [6.07, 6.45) is 1.25. The van der Waals surface area contributed by atoms with E-state index in [1.54, 1.807) is 0 Å². The summed E-state index contributed by atoms with van der Waals surface area (Å²) in [5, 5.41) is 4.68. The fourth-order valence-electron chi connectivity index (χ4n) is 3.96. The maximum Gasteiger partial charge on any atom is 0.130 e. The smallest absolute Gasteiger partial charge is 0.130 e. The maximum absolute atomic E-state index is 6.42. The summed E-state index contributed by atoms with van der Waals surface area (Å²) in [6.45, 7) is 11.6. The monoisotopic (exact) mass is 455 g/mol. The van der Waals surface area contributed by atoms with Crippen molar-refractivity contribution in [3.8, 4) is 5.75 Å². The Kier molecular flexibility index (Phi) is 8.67. The largest absolute Gasteiger partial charge is 0.487 e. The number of nitrogens with one attached hydrogen (secondary N) is 1. The van der Waals surface area contributed by atoms with Crippen molar-refractivity contribution in [2.45, 2.75) is 59.7 Å². The molecule has 1 heterocycles. The number of aromatic nitrogens is 1. The molecule has 0 aliphatic rings. The zero-order valence-corrected chi connectivity index (χ0v) is 21.1. The molecule has 34 heavy (non-hydrogen) atoms. The minimum absolute atomic E-state index is 0.411. The Hall–Kier alpha value is -3.37. The molecule has 0 amide bonds. The summed E-state index contributed by atoms with van der Waals surface area (Å²) in [6, 6.07) is 26.6. The molecule has 4 aromatic rings. The van der Waals surface area contributed by atoms with Crippen LogP contribution in [0.15, 0.2) is 78.9 Å². The number of fused-ring (bicyclic) bond motifs is 1. The van der Waals surface area contributed by atoms with Crippen LogP contribution >= 0.6 is 0 Å². The van der Waals surface area contributed by atoms with E-state index in [9.17, 15) is 0 Å². The number of para-hydroxylation sites is 1. The molecule has 0 atom stereocenters. The van der Waals surface area contributed by atoms with Crippen molar-refractivity contribution in [3.63, 3.8) is 0 Å². The first-order valence-electron chi connectivity index (χ1n) is 12.0. The van der Waals surface area contributed by atoms with Gasteiger partial charge in [0.1, 0.15) is 12.4 Å². The van der Waals surface area contributed by atoms with Gasteiger partial charge >= 0.3 is 0 Å². The normalized spacial score (nSPS) is 11.0. The van der Waals surface area contributed by atoms with Gasteiger partial charge in [-0.25, -0.2) is 4.98 Å². The maximum atomic E-state index is 6.42. The van der Waals surface area contributed by atoms with Crippen molar-refractivity contribution in [3.05, 3.63) is 101 Å². The molecule has 3 N–H and O–H groups in total. The molecule has 1 aromatic heterocycles. The highest BCUT2D eigenvalue weighted by atomic mass is 16.5. The highest BCUT2D eigenvalue weighted by molar-refractivity contribution is 5.78. The van der Waals surface area contributed by atoms with Crippen molar-refractivity contribution in [1.29, 1.82) is 0 Å². The summed E-state index contributed by atoms with van der Waals surface area (Å²) in [5.74, 6) is 0.831. The Morgan fingerprint density at radius 3 is 2.41 bits per heavy atom. The van der Waals surface area contributed by atoms with Crippen LogP contribution in [-0.2, 0) is 18.7 Å². The van der Waals surface area contributed by atoms with Crippen LogP contribution in [0, 0.1) is 6.92 Å². The molecule has 0 bridgehead atoms. The van der Waals surface area contributed by atoms with E-state index in [0.29, 0.717) is 13.2 Å². The van der Waals surface area contributed by atoms with Crippen LogP contribution in [-0.4, -0.2) is 4.98 Å². The lowest BCUT2D eigenvalue weighted by Crippen LogP contribution is -2.30. The molecule has 4 nitrogen and oxygen atoms in total. The Morgan fingerprint density at radius 2 is 1.65 bits per heavy atom. The average Bonchev–Trinajstić information content (AvgIpc) is 2.81. The fourth-order valence-corrected chi connectivity index (χ4v) is 3.96. The van der Waals surface area contributed by atoms with Gasteiger partial charge < -0.3 is 15.8 Å². The van der Waals surface area contributed by atoms with Crippen LogP contribution in [0.2, 0.25) is 0 Å². The van der Waals surface area contributed by atoms with Crippen LogP contribution < -0.4 is 15.8 Å². The van der Waals surface area contributed by atoms with Crippen LogP contribution in [0.4, 0.5) is 5.69 Å². The van der Waals surface area contributed by atoms with Gasteiger partial charge in [0, 0.05) is 23.2 Å². The summed E-state index contributed by atoms with van der Waals surface area (Å²) in [7, 11) is 0. The third kappa shape index (κ3) is 6.82. The molecule has 0 fully saturated rings. The third-order valence-corrected chi connectivity index (χ3v) is 5.34. The number of anilines is 1. The van der Waals surface area contributed by atoms with Crippen molar-refractivity contribution >= 4 is 16.6 Å². The van der Waals surface area contributed by atoms with Crippen LogP contribution in [0.3, 0.4) is 0 Å². The number of benzene rings is 3. The fraction of sp³-hybridized carbons (Fsp3) is 0.300.